The van der Waals surface area contributed by atoms with Crippen molar-refractivity contribution in [1.82, 2.24) is 29.6 Å². The Hall–Kier alpha value is -2.19. The van der Waals surface area contributed by atoms with E-state index >= 15 is 0 Å². The summed E-state index contributed by atoms with van der Waals surface area (Å²) in [6, 6.07) is 2.50. The molecule has 0 spiro atoms. The number of halogens is 1. The lowest BCUT2D eigenvalue weighted by atomic mass is 10.1. The molecule has 0 bridgehead atoms. The Morgan fingerprint density at radius 2 is 1.84 bits per heavy atom. The number of hydrogen-bond acceptors (Lipinski definition) is 7. The first-order chi connectivity index (χ1) is 18.1. The number of likely N-dealkylation sites (tertiary alicyclic amines) is 2. The van der Waals surface area contributed by atoms with Crippen LogP contribution in [0.2, 0.25) is 4.34 Å². The van der Waals surface area contributed by atoms with Gasteiger partial charge in [-0.2, -0.15) is 4.72 Å². The van der Waals surface area contributed by atoms with Crippen LogP contribution < -0.4 is 10.0 Å². The largest absolute Gasteiger partial charge is 0.341 e. The van der Waals surface area contributed by atoms with Crippen LogP contribution in [0.25, 0.3) is 6.08 Å². The minimum Gasteiger partial charge on any atom is -0.341 e. The molecule has 0 radical (unpaired) electrons. The fourth-order valence-corrected chi connectivity index (χ4v) is 7.29. The Bertz CT molecular complexity index is 1150. The van der Waals surface area contributed by atoms with Crippen molar-refractivity contribution in [1.29, 1.82) is 0 Å². The normalized spacial score (nSPS) is 23.4. The second-order valence-electron chi connectivity index (χ2n) is 9.79. The number of carbonyl (C=O) groups is 3. The number of thiophene rings is 1. The number of nitrogens with one attached hydrogen (secondary N) is 2. The van der Waals surface area contributed by atoms with Gasteiger partial charge in [0.1, 0.15) is 6.04 Å². The molecular weight excluding hydrogens is 552 g/mol. The lowest BCUT2D eigenvalue weighted by Crippen LogP contribution is -2.56. The quantitative estimate of drug-likeness (QED) is 0.472. The first-order valence-corrected chi connectivity index (χ1v) is 15.6. The molecule has 4 heterocycles. The van der Waals surface area contributed by atoms with Crippen LogP contribution in [0.15, 0.2) is 17.5 Å². The summed E-state index contributed by atoms with van der Waals surface area (Å²) in [6.07, 6.45) is 4.25. The first-order valence-electron chi connectivity index (χ1n) is 12.9. The summed E-state index contributed by atoms with van der Waals surface area (Å²) in [5.41, 5.74) is 0. The van der Waals surface area contributed by atoms with E-state index in [4.69, 9.17) is 11.6 Å². The molecule has 3 saturated heterocycles. The van der Waals surface area contributed by atoms with E-state index in [2.05, 4.69) is 14.9 Å². The van der Waals surface area contributed by atoms with Crippen LogP contribution in [-0.4, -0.2) is 117 Å². The summed E-state index contributed by atoms with van der Waals surface area (Å²) in [4.78, 5) is 46.2. The van der Waals surface area contributed by atoms with Crippen molar-refractivity contribution in [2.24, 2.45) is 0 Å². The van der Waals surface area contributed by atoms with Gasteiger partial charge in [-0.25, -0.2) is 13.2 Å². The lowest BCUT2D eigenvalue weighted by molar-refractivity contribution is -0.143. The molecule has 2 atom stereocenters. The maximum absolute atomic E-state index is 13.2. The average Bonchev–Trinajstić information content (AvgIpc) is 3.54. The van der Waals surface area contributed by atoms with Crippen LogP contribution in [0.1, 0.15) is 30.6 Å². The highest BCUT2D eigenvalue weighted by atomic mass is 35.5. The Balaban J connectivity index is 1.29. The number of nitrogens with zero attached hydrogens (tertiary/aromatic N) is 4. The third kappa shape index (κ3) is 7.47. The van der Waals surface area contributed by atoms with Gasteiger partial charge in [-0.05, 0) is 43.9 Å². The molecule has 0 aromatic carbocycles. The van der Waals surface area contributed by atoms with Crippen LogP contribution in [0.5, 0.6) is 0 Å². The van der Waals surface area contributed by atoms with E-state index in [-0.39, 0.29) is 30.4 Å². The monoisotopic (exact) mass is 586 g/mol. The highest BCUT2D eigenvalue weighted by Gasteiger charge is 2.36. The average molecular weight is 587 g/mol. The molecule has 38 heavy (non-hydrogen) atoms. The fourth-order valence-electron chi connectivity index (χ4n) is 5.22. The zero-order valence-corrected chi connectivity index (χ0v) is 23.9. The van der Waals surface area contributed by atoms with Crippen molar-refractivity contribution < 1.29 is 22.8 Å². The summed E-state index contributed by atoms with van der Waals surface area (Å²) in [6.45, 7) is 4.57. The van der Waals surface area contributed by atoms with Gasteiger partial charge >= 0.3 is 6.03 Å². The summed E-state index contributed by atoms with van der Waals surface area (Å²) in [5, 5.41) is 3.69. The summed E-state index contributed by atoms with van der Waals surface area (Å²) >= 11 is 7.14. The number of carbonyl (C=O) groups excluding carboxylic acids is 3. The topological polar surface area (TPSA) is 122 Å². The summed E-state index contributed by atoms with van der Waals surface area (Å²) in [5.74, 6) is -0.482. The molecule has 3 fully saturated rings. The lowest BCUT2D eigenvalue weighted by Gasteiger charge is -2.38. The predicted octanol–water partition coefficient (Wildman–Crippen LogP) is 1.23. The van der Waals surface area contributed by atoms with Crippen LogP contribution in [0.3, 0.4) is 0 Å². The van der Waals surface area contributed by atoms with Gasteiger partial charge in [-0.1, -0.05) is 11.6 Å². The number of hydrogen-bond donors (Lipinski definition) is 2. The summed E-state index contributed by atoms with van der Waals surface area (Å²) < 4.78 is 28.2. The van der Waals surface area contributed by atoms with Crippen molar-refractivity contribution in [3.8, 4) is 0 Å². The van der Waals surface area contributed by atoms with Crippen LogP contribution in [-0.2, 0) is 19.6 Å². The van der Waals surface area contributed by atoms with Gasteiger partial charge in [0, 0.05) is 69.2 Å². The van der Waals surface area contributed by atoms with E-state index in [0.717, 1.165) is 37.9 Å². The van der Waals surface area contributed by atoms with E-state index in [9.17, 15) is 22.8 Å². The summed E-state index contributed by atoms with van der Waals surface area (Å²) in [7, 11) is -2.22. The molecule has 11 nitrogen and oxygen atoms in total. The maximum atomic E-state index is 13.2. The molecule has 3 aliphatic rings. The van der Waals surface area contributed by atoms with Crippen molar-refractivity contribution in [2.45, 2.75) is 37.8 Å². The van der Waals surface area contributed by atoms with Gasteiger partial charge in [0.2, 0.25) is 21.8 Å². The van der Waals surface area contributed by atoms with E-state index < -0.39 is 16.1 Å². The standard InChI is InChI=1S/C24H35ClN6O5S2/c1-26-24(34)29-13-11-28(12-14-29)16-18-4-2-10-31(18)22(32)17-30-9-3-5-20(23(30)33)27-38(35,36)15-8-19-6-7-21(25)37-19/h6-8,15,18,20,27H,2-5,9-14,16-17H2,1H3,(H,26,34)/b15-8+/t18-,20-/m0/s1. The second-order valence-corrected chi connectivity index (χ2v) is 13.1. The molecule has 4 amide bonds. The van der Waals surface area contributed by atoms with E-state index in [1.54, 1.807) is 24.1 Å². The van der Waals surface area contributed by atoms with Crippen LogP contribution >= 0.6 is 22.9 Å². The Morgan fingerprint density at radius 3 is 2.53 bits per heavy atom. The molecule has 1 aromatic rings. The number of amides is 4. The third-order valence-electron chi connectivity index (χ3n) is 7.21. The van der Waals surface area contributed by atoms with Gasteiger partial charge in [-0.3, -0.25) is 14.5 Å². The van der Waals surface area contributed by atoms with Crippen molar-refractivity contribution >= 4 is 56.9 Å². The minimum atomic E-state index is -3.85. The van der Waals surface area contributed by atoms with E-state index in [1.807, 2.05) is 4.90 Å². The van der Waals surface area contributed by atoms with Crippen molar-refractivity contribution in [2.75, 3.05) is 59.4 Å². The van der Waals surface area contributed by atoms with Gasteiger partial charge in [0.05, 0.1) is 10.9 Å². The fraction of sp³-hybridized carbons (Fsp3) is 0.625. The molecule has 1 aromatic heterocycles. The predicted molar refractivity (Wildman–Crippen MR) is 147 cm³/mol. The van der Waals surface area contributed by atoms with E-state index in [1.165, 1.54) is 22.3 Å². The van der Waals surface area contributed by atoms with Crippen molar-refractivity contribution in [3.63, 3.8) is 0 Å². The first kappa shape index (κ1) is 28.8. The third-order valence-corrected chi connectivity index (χ3v) is 9.51. The van der Waals surface area contributed by atoms with Gasteiger partial charge in [-0.15, -0.1) is 11.3 Å². The maximum Gasteiger partial charge on any atom is 0.317 e. The zero-order valence-electron chi connectivity index (χ0n) is 21.5. The Labute approximate surface area is 232 Å². The highest BCUT2D eigenvalue weighted by Crippen LogP contribution is 2.23. The molecule has 0 unspecified atom stereocenters. The molecule has 4 rings (SSSR count). The van der Waals surface area contributed by atoms with Crippen molar-refractivity contribution in [3.05, 3.63) is 26.8 Å². The number of rotatable bonds is 8. The number of piperidine rings is 1. The Kier molecular flexibility index (Phi) is 9.69. The Morgan fingerprint density at radius 1 is 1.11 bits per heavy atom. The molecular formula is C24H35ClN6O5S2. The van der Waals surface area contributed by atoms with Gasteiger partial charge in [0.15, 0.2) is 0 Å². The molecule has 0 aliphatic carbocycles. The van der Waals surface area contributed by atoms with Crippen LogP contribution in [0.4, 0.5) is 4.79 Å². The number of piperazine rings is 1. The molecule has 3 aliphatic heterocycles. The minimum absolute atomic E-state index is 0.0540. The van der Waals surface area contributed by atoms with Gasteiger partial charge in [0.25, 0.3) is 0 Å². The second kappa shape index (κ2) is 12.8. The van der Waals surface area contributed by atoms with Crippen LogP contribution in [0, 0.1) is 0 Å². The molecule has 210 valence electrons. The smallest absolute Gasteiger partial charge is 0.317 e. The zero-order chi connectivity index (χ0) is 27.3. The molecule has 2 N–H and O–H groups in total. The van der Waals surface area contributed by atoms with Gasteiger partial charge < -0.3 is 20.0 Å². The molecule has 0 saturated carbocycles. The SMILES string of the molecule is CNC(=O)N1CCN(C[C@@H]2CCCN2C(=O)CN2CCC[C@H](NS(=O)(=O)/C=C/c3ccc(Cl)s3)C2=O)CC1. The number of sulfonamides is 1. The van der Waals surface area contributed by atoms with E-state index in [0.29, 0.717) is 48.2 Å². The molecule has 14 heteroatoms. The number of urea groups is 1. The highest BCUT2D eigenvalue weighted by molar-refractivity contribution is 7.92.